The first-order valence-corrected chi connectivity index (χ1v) is 7.97. The molecular formula is C13H23N3OS. The molecule has 0 saturated carbocycles. The molecule has 1 fully saturated rings. The fourth-order valence-corrected chi connectivity index (χ4v) is 3.22. The van der Waals surface area contributed by atoms with Gasteiger partial charge in [0.2, 0.25) is 5.89 Å². The van der Waals surface area contributed by atoms with E-state index >= 15 is 0 Å². The van der Waals surface area contributed by atoms with Crippen molar-refractivity contribution in [3.8, 4) is 0 Å². The summed E-state index contributed by atoms with van der Waals surface area (Å²) in [5.74, 6) is 4.31. The molecular weight excluding hydrogens is 246 g/mol. The lowest BCUT2D eigenvalue weighted by molar-refractivity contribution is 0.249. The largest absolute Gasteiger partial charge is 0.337 e. The molecule has 1 aliphatic heterocycles. The van der Waals surface area contributed by atoms with Crippen molar-refractivity contribution < 1.29 is 4.52 Å². The maximum Gasteiger partial charge on any atom is 0.246 e. The molecule has 1 aliphatic rings. The SMILES string of the molecule is CCC1(c2nc(CSCC(C)C)no2)CCCN1. The van der Waals surface area contributed by atoms with Gasteiger partial charge in [0, 0.05) is 0 Å². The second-order valence-electron chi connectivity index (χ2n) is 5.39. The third kappa shape index (κ3) is 3.06. The molecule has 102 valence electrons. The van der Waals surface area contributed by atoms with Crippen molar-refractivity contribution in [2.24, 2.45) is 5.92 Å². The van der Waals surface area contributed by atoms with Gasteiger partial charge in [-0.15, -0.1) is 0 Å². The van der Waals surface area contributed by atoms with Crippen LogP contribution in [-0.2, 0) is 11.3 Å². The standard InChI is InChI=1S/C13H23N3OS/c1-4-13(6-5-7-14-13)12-15-11(16-17-12)9-18-8-10(2)3/h10,14H,4-9H2,1-3H3. The summed E-state index contributed by atoms with van der Waals surface area (Å²) >= 11 is 1.87. The molecule has 1 unspecified atom stereocenters. The van der Waals surface area contributed by atoms with Gasteiger partial charge in [-0.3, -0.25) is 0 Å². The molecule has 5 heteroatoms. The molecule has 0 spiro atoms. The van der Waals surface area contributed by atoms with E-state index in [9.17, 15) is 0 Å². The van der Waals surface area contributed by atoms with Gasteiger partial charge in [0.25, 0.3) is 0 Å². The monoisotopic (exact) mass is 269 g/mol. The summed E-state index contributed by atoms with van der Waals surface area (Å²) in [6, 6.07) is 0. The lowest BCUT2D eigenvalue weighted by Crippen LogP contribution is -2.36. The molecule has 18 heavy (non-hydrogen) atoms. The fourth-order valence-electron chi connectivity index (χ4n) is 2.33. The molecule has 2 heterocycles. The van der Waals surface area contributed by atoms with E-state index < -0.39 is 0 Å². The molecule has 0 aromatic carbocycles. The molecule has 0 aliphatic carbocycles. The Bertz CT molecular complexity index is 372. The highest BCUT2D eigenvalue weighted by Crippen LogP contribution is 2.33. The lowest BCUT2D eigenvalue weighted by Gasteiger charge is -2.22. The topological polar surface area (TPSA) is 51.0 Å². The zero-order valence-electron chi connectivity index (χ0n) is 11.5. The molecule has 2 rings (SSSR count). The number of thioether (sulfide) groups is 1. The Kier molecular flexibility index (Phi) is 4.67. The van der Waals surface area contributed by atoms with E-state index in [1.54, 1.807) is 0 Å². The molecule has 1 atom stereocenters. The molecule has 1 N–H and O–H groups in total. The lowest BCUT2D eigenvalue weighted by atomic mass is 9.94. The summed E-state index contributed by atoms with van der Waals surface area (Å²) in [6.45, 7) is 7.68. The number of nitrogens with zero attached hydrogens (tertiary/aromatic N) is 2. The van der Waals surface area contributed by atoms with Crippen LogP contribution in [0.4, 0.5) is 0 Å². The van der Waals surface area contributed by atoms with Crippen LogP contribution >= 0.6 is 11.8 Å². The van der Waals surface area contributed by atoms with E-state index in [-0.39, 0.29) is 5.54 Å². The van der Waals surface area contributed by atoms with Crippen LogP contribution < -0.4 is 5.32 Å². The van der Waals surface area contributed by atoms with Crippen LogP contribution in [0.3, 0.4) is 0 Å². The maximum absolute atomic E-state index is 5.46. The van der Waals surface area contributed by atoms with Gasteiger partial charge in [-0.1, -0.05) is 25.9 Å². The minimum absolute atomic E-state index is 0.0615. The highest BCUT2D eigenvalue weighted by atomic mass is 32.2. The van der Waals surface area contributed by atoms with Crippen LogP contribution in [-0.4, -0.2) is 22.4 Å². The molecule has 0 bridgehead atoms. The van der Waals surface area contributed by atoms with E-state index in [0.717, 1.165) is 42.6 Å². The van der Waals surface area contributed by atoms with Crippen molar-refractivity contribution in [1.82, 2.24) is 15.5 Å². The molecule has 1 aromatic rings. The summed E-state index contributed by atoms with van der Waals surface area (Å²) in [5, 5.41) is 7.62. The summed E-state index contributed by atoms with van der Waals surface area (Å²) in [6.07, 6.45) is 3.30. The number of hydrogen-bond acceptors (Lipinski definition) is 5. The van der Waals surface area contributed by atoms with Crippen molar-refractivity contribution in [1.29, 1.82) is 0 Å². The fraction of sp³-hybridized carbons (Fsp3) is 0.846. The van der Waals surface area contributed by atoms with E-state index in [2.05, 4.69) is 36.2 Å². The van der Waals surface area contributed by atoms with Crippen molar-refractivity contribution >= 4 is 11.8 Å². The number of aromatic nitrogens is 2. The van der Waals surface area contributed by atoms with E-state index in [4.69, 9.17) is 4.52 Å². The zero-order chi connectivity index (χ0) is 13.0. The zero-order valence-corrected chi connectivity index (χ0v) is 12.3. The normalized spacial score (nSPS) is 24.0. The van der Waals surface area contributed by atoms with E-state index in [0.29, 0.717) is 5.92 Å². The Morgan fingerprint density at radius 1 is 1.50 bits per heavy atom. The van der Waals surface area contributed by atoms with Crippen molar-refractivity contribution in [3.05, 3.63) is 11.7 Å². The Labute approximate surface area is 113 Å². The van der Waals surface area contributed by atoms with Crippen LogP contribution in [0.25, 0.3) is 0 Å². The Hall–Kier alpha value is -0.550. The number of rotatable bonds is 6. The first-order valence-electron chi connectivity index (χ1n) is 6.82. The smallest absolute Gasteiger partial charge is 0.246 e. The van der Waals surface area contributed by atoms with Crippen molar-refractivity contribution in [3.63, 3.8) is 0 Å². The highest BCUT2D eigenvalue weighted by molar-refractivity contribution is 7.98. The first kappa shape index (κ1) is 13.9. The summed E-state index contributed by atoms with van der Waals surface area (Å²) < 4.78 is 5.46. The first-order chi connectivity index (χ1) is 8.66. The molecule has 0 amide bonds. The van der Waals surface area contributed by atoms with Crippen LogP contribution in [0.15, 0.2) is 4.52 Å². The second-order valence-corrected chi connectivity index (χ2v) is 6.42. The third-order valence-corrected chi connectivity index (χ3v) is 4.77. The predicted molar refractivity (Wildman–Crippen MR) is 74.5 cm³/mol. The Morgan fingerprint density at radius 3 is 2.94 bits per heavy atom. The molecule has 1 saturated heterocycles. The molecule has 1 aromatic heterocycles. The quantitative estimate of drug-likeness (QED) is 0.860. The second kappa shape index (κ2) is 6.06. The van der Waals surface area contributed by atoms with Gasteiger partial charge < -0.3 is 9.84 Å². The van der Waals surface area contributed by atoms with Crippen molar-refractivity contribution in [2.45, 2.75) is 51.3 Å². The van der Waals surface area contributed by atoms with Gasteiger partial charge in [-0.05, 0) is 37.5 Å². The molecule has 0 radical (unpaired) electrons. The van der Waals surface area contributed by atoms with Crippen molar-refractivity contribution in [2.75, 3.05) is 12.3 Å². The van der Waals surface area contributed by atoms with Gasteiger partial charge in [0.1, 0.15) is 0 Å². The maximum atomic E-state index is 5.46. The van der Waals surface area contributed by atoms with Crippen LogP contribution in [0.1, 0.15) is 51.7 Å². The summed E-state index contributed by atoms with van der Waals surface area (Å²) in [7, 11) is 0. The van der Waals surface area contributed by atoms with Gasteiger partial charge in [0.05, 0.1) is 11.3 Å². The van der Waals surface area contributed by atoms with E-state index in [1.165, 1.54) is 6.42 Å². The van der Waals surface area contributed by atoms with Crippen LogP contribution in [0.5, 0.6) is 0 Å². The van der Waals surface area contributed by atoms with Crippen LogP contribution in [0, 0.1) is 5.92 Å². The summed E-state index contributed by atoms with van der Waals surface area (Å²) in [5.41, 5.74) is -0.0615. The van der Waals surface area contributed by atoms with E-state index in [1.807, 2.05) is 11.8 Å². The third-order valence-electron chi connectivity index (χ3n) is 3.41. The minimum atomic E-state index is -0.0615. The average molecular weight is 269 g/mol. The highest BCUT2D eigenvalue weighted by Gasteiger charge is 2.38. The van der Waals surface area contributed by atoms with Gasteiger partial charge >= 0.3 is 0 Å². The summed E-state index contributed by atoms with van der Waals surface area (Å²) in [4.78, 5) is 4.57. The van der Waals surface area contributed by atoms with Crippen LogP contribution in [0.2, 0.25) is 0 Å². The number of hydrogen-bond donors (Lipinski definition) is 1. The predicted octanol–water partition coefficient (Wildman–Crippen LogP) is 2.95. The minimum Gasteiger partial charge on any atom is -0.337 e. The van der Waals surface area contributed by atoms with Gasteiger partial charge in [-0.25, -0.2) is 0 Å². The molecule has 4 nitrogen and oxygen atoms in total. The van der Waals surface area contributed by atoms with Gasteiger partial charge in [-0.2, -0.15) is 16.7 Å². The average Bonchev–Trinajstić information content (AvgIpc) is 2.97. The number of nitrogens with one attached hydrogen (secondary N) is 1. The Balaban J connectivity index is 1.96. The Morgan fingerprint density at radius 2 is 2.33 bits per heavy atom. The van der Waals surface area contributed by atoms with Gasteiger partial charge in [0.15, 0.2) is 5.82 Å².